The van der Waals surface area contributed by atoms with Crippen LogP contribution in [0.25, 0.3) is 32.2 Å². The van der Waals surface area contributed by atoms with Crippen molar-refractivity contribution < 1.29 is 4.21 Å². The van der Waals surface area contributed by atoms with E-state index in [0.29, 0.717) is 17.5 Å². The zero-order chi connectivity index (χ0) is 21.7. The van der Waals surface area contributed by atoms with E-state index in [-0.39, 0.29) is 0 Å². The predicted molar refractivity (Wildman–Crippen MR) is 130 cm³/mol. The second-order valence-electron chi connectivity index (χ2n) is 7.97. The van der Waals surface area contributed by atoms with Crippen LogP contribution < -0.4 is 5.73 Å². The molecule has 4 heterocycles. The van der Waals surface area contributed by atoms with Gasteiger partial charge in [-0.15, -0.1) is 22.7 Å². The standard InChI is InChI=1S/C22H25N5OS3/c1-4-5-10-31(28)22-18(23)17-15(19-12(2)25-13(3)27(19)14-6-7-14)11-16(26-21(17)30-22)20-24-8-9-29-20/h8-9,11,14H,4-7,10,23H2,1-3H3. The summed E-state index contributed by atoms with van der Waals surface area (Å²) in [6, 6.07) is 2.58. The Hall–Kier alpha value is -2.10. The third kappa shape index (κ3) is 3.62. The summed E-state index contributed by atoms with van der Waals surface area (Å²) in [4.78, 5) is 15.0. The number of hydrogen-bond donors (Lipinski definition) is 1. The zero-order valence-electron chi connectivity index (χ0n) is 17.8. The van der Waals surface area contributed by atoms with Gasteiger partial charge in [-0.3, -0.25) is 4.21 Å². The maximum atomic E-state index is 13.0. The molecule has 5 rings (SSSR count). The Morgan fingerprint density at radius 2 is 2.10 bits per heavy atom. The quantitative estimate of drug-likeness (QED) is 0.372. The predicted octanol–water partition coefficient (Wildman–Crippen LogP) is 5.72. The highest BCUT2D eigenvalue weighted by atomic mass is 32.2. The number of unbranched alkanes of at least 4 members (excludes halogenated alkanes) is 1. The number of nitrogen functional groups attached to an aromatic ring is 1. The first kappa shape index (κ1) is 20.8. The van der Waals surface area contributed by atoms with Crippen molar-refractivity contribution in [3.63, 3.8) is 0 Å². The fraction of sp³-hybridized carbons (Fsp3) is 0.409. The van der Waals surface area contributed by atoms with E-state index in [9.17, 15) is 4.21 Å². The molecule has 2 N–H and O–H groups in total. The average Bonchev–Trinajstić information content (AvgIpc) is 3.18. The van der Waals surface area contributed by atoms with Crippen molar-refractivity contribution in [2.45, 2.75) is 56.7 Å². The van der Waals surface area contributed by atoms with Gasteiger partial charge in [-0.05, 0) is 39.2 Å². The molecule has 1 aliphatic carbocycles. The highest BCUT2D eigenvalue weighted by Gasteiger charge is 2.31. The molecule has 31 heavy (non-hydrogen) atoms. The lowest BCUT2D eigenvalue weighted by Crippen LogP contribution is -2.02. The summed E-state index contributed by atoms with van der Waals surface area (Å²) in [5.74, 6) is 1.65. The van der Waals surface area contributed by atoms with E-state index in [1.54, 1.807) is 17.5 Å². The zero-order valence-corrected chi connectivity index (χ0v) is 20.3. The van der Waals surface area contributed by atoms with Gasteiger partial charge in [0.05, 0.1) is 27.9 Å². The first-order valence-corrected chi connectivity index (χ1v) is 13.6. The van der Waals surface area contributed by atoms with Gasteiger partial charge >= 0.3 is 0 Å². The fourth-order valence-corrected chi connectivity index (χ4v) is 7.47. The van der Waals surface area contributed by atoms with Crippen molar-refractivity contribution >= 4 is 49.4 Å². The smallest absolute Gasteiger partial charge is 0.141 e. The van der Waals surface area contributed by atoms with E-state index >= 15 is 0 Å². The molecule has 0 bridgehead atoms. The maximum Gasteiger partial charge on any atom is 0.141 e. The molecule has 0 saturated heterocycles. The number of imidazole rings is 1. The van der Waals surface area contributed by atoms with Gasteiger partial charge in [0.1, 0.15) is 25.6 Å². The van der Waals surface area contributed by atoms with Crippen LogP contribution in [0.3, 0.4) is 0 Å². The molecule has 4 aromatic rings. The minimum Gasteiger partial charge on any atom is -0.396 e. The minimum atomic E-state index is -1.12. The van der Waals surface area contributed by atoms with E-state index in [1.165, 1.54) is 24.2 Å². The van der Waals surface area contributed by atoms with Gasteiger partial charge in [0.2, 0.25) is 0 Å². The molecule has 1 fully saturated rings. The van der Waals surface area contributed by atoms with E-state index in [2.05, 4.69) is 36.4 Å². The van der Waals surface area contributed by atoms with Crippen molar-refractivity contribution in [1.29, 1.82) is 0 Å². The van der Waals surface area contributed by atoms with Crippen molar-refractivity contribution in [3.8, 4) is 22.0 Å². The number of hydrogen-bond acceptors (Lipinski definition) is 7. The highest BCUT2D eigenvalue weighted by molar-refractivity contribution is 7.87. The van der Waals surface area contributed by atoms with Gasteiger partial charge in [0, 0.05) is 34.3 Å². The van der Waals surface area contributed by atoms with Crippen LogP contribution in [0.4, 0.5) is 5.69 Å². The van der Waals surface area contributed by atoms with E-state index in [4.69, 9.17) is 15.7 Å². The third-order valence-electron chi connectivity index (χ3n) is 5.64. The summed E-state index contributed by atoms with van der Waals surface area (Å²) < 4.78 is 16.1. The Labute approximate surface area is 192 Å². The van der Waals surface area contributed by atoms with Crippen LogP contribution >= 0.6 is 22.7 Å². The first-order chi connectivity index (χ1) is 15.0. The molecule has 0 radical (unpaired) electrons. The summed E-state index contributed by atoms with van der Waals surface area (Å²) in [6.45, 7) is 6.23. The Balaban J connectivity index is 1.79. The van der Waals surface area contributed by atoms with Crippen LogP contribution in [-0.4, -0.2) is 29.5 Å². The van der Waals surface area contributed by atoms with Gasteiger partial charge in [0.15, 0.2) is 0 Å². The third-order valence-corrected chi connectivity index (χ3v) is 9.43. The number of rotatable bonds is 7. The largest absolute Gasteiger partial charge is 0.396 e. The SMILES string of the molecule is CCCCS(=O)c1sc2nc(-c3nccs3)cc(-c3c(C)nc(C)n3C3CC3)c2c1N. The molecule has 0 amide bonds. The van der Waals surface area contributed by atoms with E-state index in [1.807, 2.05) is 5.38 Å². The van der Waals surface area contributed by atoms with Gasteiger partial charge in [-0.25, -0.2) is 15.0 Å². The lowest BCUT2D eigenvalue weighted by molar-refractivity contribution is 0.681. The van der Waals surface area contributed by atoms with Gasteiger partial charge in [0.25, 0.3) is 0 Å². The summed E-state index contributed by atoms with van der Waals surface area (Å²) in [6.07, 6.45) is 6.06. The maximum absolute atomic E-state index is 13.0. The molecule has 1 unspecified atom stereocenters. The highest BCUT2D eigenvalue weighted by Crippen LogP contribution is 2.47. The van der Waals surface area contributed by atoms with Crippen molar-refractivity contribution in [2.75, 3.05) is 11.5 Å². The van der Waals surface area contributed by atoms with Gasteiger partial charge in [-0.1, -0.05) is 13.3 Å². The summed E-state index contributed by atoms with van der Waals surface area (Å²) >= 11 is 3.02. The molecule has 0 spiro atoms. The number of nitrogens with two attached hydrogens (primary N) is 1. The molecule has 0 aromatic carbocycles. The van der Waals surface area contributed by atoms with Gasteiger partial charge in [-0.2, -0.15) is 0 Å². The second kappa shape index (κ2) is 8.11. The van der Waals surface area contributed by atoms with Crippen LogP contribution in [0.5, 0.6) is 0 Å². The number of aromatic nitrogens is 4. The lowest BCUT2D eigenvalue weighted by Gasteiger charge is -2.13. The summed E-state index contributed by atoms with van der Waals surface area (Å²) in [5, 5.41) is 3.73. The second-order valence-corrected chi connectivity index (χ2v) is 11.6. The van der Waals surface area contributed by atoms with Crippen molar-refractivity contribution in [3.05, 3.63) is 29.2 Å². The van der Waals surface area contributed by atoms with Crippen LogP contribution in [0.1, 0.15) is 50.2 Å². The number of aryl methyl sites for hydroxylation is 2. The van der Waals surface area contributed by atoms with E-state index < -0.39 is 10.8 Å². The molecule has 9 heteroatoms. The summed E-state index contributed by atoms with van der Waals surface area (Å²) in [7, 11) is -1.12. The Morgan fingerprint density at radius 1 is 1.29 bits per heavy atom. The molecule has 6 nitrogen and oxygen atoms in total. The van der Waals surface area contributed by atoms with Crippen molar-refractivity contribution in [1.82, 2.24) is 19.5 Å². The number of thiophene rings is 1. The Morgan fingerprint density at radius 3 is 2.77 bits per heavy atom. The molecule has 0 aliphatic heterocycles. The van der Waals surface area contributed by atoms with Gasteiger partial charge < -0.3 is 10.3 Å². The molecular formula is C22H25N5OS3. The monoisotopic (exact) mass is 471 g/mol. The molecule has 162 valence electrons. The molecular weight excluding hydrogens is 446 g/mol. The number of nitrogens with zero attached hydrogens (tertiary/aromatic N) is 4. The normalized spacial score (nSPS) is 15.1. The number of anilines is 1. The topological polar surface area (TPSA) is 86.7 Å². The lowest BCUT2D eigenvalue weighted by atomic mass is 10.1. The molecule has 1 aliphatic rings. The van der Waals surface area contributed by atoms with Crippen molar-refractivity contribution in [2.24, 2.45) is 0 Å². The summed E-state index contributed by atoms with van der Waals surface area (Å²) in [5.41, 5.74) is 11.2. The van der Waals surface area contributed by atoms with Crippen LogP contribution in [0.2, 0.25) is 0 Å². The van der Waals surface area contributed by atoms with Crippen LogP contribution in [0, 0.1) is 13.8 Å². The number of thiazole rings is 1. The Bertz CT molecular complexity index is 1280. The first-order valence-electron chi connectivity index (χ1n) is 10.6. The van der Waals surface area contributed by atoms with E-state index in [0.717, 1.165) is 60.7 Å². The minimum absolute atomic E-state index is 0.487. The molecule has 4 aromatic heterocycles. The number of pyridine rings is 1. The van der Waals surface area contributed by atoms with Crippen LogP contribution in [0.15, 0.2) is 21.9 Å². The molecule has 1 saturated carbocycles. The van der Waals surface area contributed by atoms with Crippen LogP contribution in [-0.2, 0) is 10.8 Å². The molecule has 1 atom stereocenters. The number of fused-ring (bicyclic) bond motifs is 1. The fourth-order valence-electron chi connectivity index (χ4n) is 4.07. The average molecular weight is 472 g/mol. The Kier molecular flexibility index (Phi) is 5.44.